The molecule has 0 aromatic heterocycles. The number of aromatic hydroxyl groups is 1. The maximum absolute atomic E-state index is 13.5. The molecule has 0 bridgehead atoms. The van der Waals surface area contributed by atoms with E-state index in [9.17, 15) is 15.0 Å². The number of aliphatic hydroxyl groups is 1. The van der Waals surface area contributed by atoms with Gasteiger partial charge < -0.3 is 24.7 Å². The Morgan fingerprint density at radius 2 is 1.36 bits per heavy atom. The number of hydrogen-bond acceptors (Lipinski definition) is 6. The van der Waals surface area contributed by atoms with Gasteiger partial charge in [0.15, 0.2) is 0 Å². The third-order valence-electron chi connectivity index (χ3n) is 7.29. The number of phenolic OH excluding ortho intramolecular Hbond substituents is 1. The Hall–Kier alpha value is -4.75. The van der Waals surface area contributed by atoms with Gasteiger partial charge in [0.2, 0.25) is 5.91 Å². The summed E-state index contributed by atoms with van der Waals surface area (Å²) in [5.74, 6) is 0.116. The number of aliphatic hydroxyl groups excluding tert-OH is 1. The predicted octanol–water partition coefficient (Wildman–Crippen LogP) is 7.44. The number of benzene rings is 3. The number of allylic oxidation sites excluding steroid dienone is 3. The number of nitrogens with zero attached hydrogens (tertiary/aromatic N) is 2. The Bertz CT molecular complexity index is 1440. The standard InChI is InChI=1S/C28H32N2O3.C8H10.2CH2O/c1-20-8-10-22(11-9-20)18-30(27(32)19-29(2)17-21-6-4-3-5-7-21)24-14-15-26(31)25(16-24)28(33)23-12-13-23;1-7-3-5-8(2)6-4-7;2*1-2/h4,6-11,14-16,31,33H,3,5,12-13,17-19H2,1-2H3;3-6H,1-2H3;2*1H2. The molecule has 5 rings (SSSR count). The lowest BCUT2D eigenvalue weighted by molar-refractivity contribution is -0.119. The van der Waals surface area contributed by atoms with Crippen molar-refractivity contribution in [2.45, 2.75) is 53.0 Å². The van der Waals surface area contributed by atoms with Gasteiger partial charge in [-0.3, -0.25) is 9.69 Å². The summed E-state index contributed by atoms with van der Waals surface area (Å²) in [5, 5.41) is 20.9. The molecule has 1 saturated carbocycles. The highest BCUT2D eigenvalue weighted by Crippen LogP contribution is 2.39. The van der Waals surface area contributed by atoms with Crippen LogP contribution in [0.2, 0.25) is 0 Å². The lowest BCUT2D eigenvalue weighted by Crippen LogP contribution is -2.39. The maximum Gasteiger partial charge on any atom is 0.241 e. The monoisotopic (exact) mass is 610 g/mol. The number of anilines is 1. The van der Waals surface area contributed by atoms with Gasteiger partial charge in [-0.2, -0.15) is 0 Å². The molecular formula is C38H46N2O5. The highest BCUT2D eigenvalue weighted by molar-refractivity contribution is 5.95. The van der Waals surface area contributed by atoms with E-state index in [0.29, 0.717) is 24.3 Å². The molecule has 2 N–H and O–H groups in total. The normalized spacial score (nSPS) is 12.7. The number of carbonyl (C=O) groups excluding carboxylic acids is 3. The van der Waals surface area contributed by atoms with E-state index < -0.39 is 0 Å². The molecule has 1 fully saturated rings. The molecule has 7 nitrogen and oxygen atoms in total. The van der Waals surface area contributed by atoms with Gasteiger partial charge >= 0.3 is 0 Å². The van der Waals surface area contributed by atoms with Gasteiger partial charge in [-0.15, -0.1) is 0 Å². The Morgan fingerprint density at radius 1 is 0.800 bits per heavy atom. The molecule has 3 aromatic carbocycles. The summed E-state index contributed by atoms with van der Waals surface area (Å²) in [7, 11) is 1.96. The lowest BCUT2D eigenvalue weighted by Gasteiger charge is -2.27. The molecule has 0 atom stereocenters. The molecule has 2 aliphatic rings. The number of likely N-dealkylation sites (N-methyl/N-ethyl adjacent to an activating group) is 1. The summed E-state index contributed by atoms with van der Waals surface area (Å²) in [6.07, 6.45) is 10.3. The highest BCUT2D eigenvalue weighted by atomic mass is 16.3. The fourth-order valence-electron chi connectivity index (χ4n) is 4.68. The SMILES string of the molecule is C=O.C=O.Cc1ccc(C)cc1.Cc1ccc(CN(C(=O)CN(C)CC2=CCCC=C2)c2ccc(O)c(C(O)=C3CC3)c2)cc1. The largest absolute Gasteiger partial charge is 0.507 e. The van der Waals surface area contributed by atoms with Crippen molar-refractivity contribution < 1.29 is 24.6 Å². The van der Waals surface area contributed by atoms with Crippen molar-refractivity contribution in [3.05, 3.63) is 124 Å². The van der Waals surface area contributed by atoms with Crippen LogP contribution >= 0.6 is 0 Å². The molecule has 0 heterocycles. The van der Waals surface area contributed by atoms with Crippen LogP contribution in [0.4, 0.5) is 5.69 Å². The van der Waals surface area contributed by atoms with E-state index in [0.717, 1.165) is 42.4 Å². The summed E-state index contributed by atoms with van der Waals surface area (Å²) < 4.78 is 0. The smallest absolute Gasteiger partial charge is 0.241 e. The Labute approximate surface area is 267 Å². The van der Waals surface area contributed by atoms with Crippen LogP contribution in [-0.2, 0) is 20.9 Å². The van der Waals surface area contributed by atoms with Gasteiger partial charge in [-0.1, -0.05) is 83.4 Å². The Balaban J connectivity index is 0.000000500. The average molecular weight is 611 g/mol. The second kappa shape index (κ2) is 18.8. The van der Waals surface area contributed by atoms with E-state index in [2.05, 4.69) is 56.3 Å². The fraction of sp³-hybridized carbons (Fsp3) is 0.289. The van der Waals surface area contributed by atoms with E-state index in [4.69, 9.17) is 9.59 Å². The zero-order chi connectivity index (χ0) is 33.4. The van der Waals surface area contributed by atoms with Crippen molar-refractivity contribution in [2.75, 3.05) is 25.0 Å². The minimum absolute atomic E-state index is 0.0199. The summed E-state index contributed by atoms with van der Waals surface area (Å²) in [6.45, 7) is 11.6. The minimum Gasteiger partial charge on any atom is -0.507 e. The molecule has 45 heavy (non-hydrogen) atoms. The molecule has 238 valence electrons. The zero-order valence-corrected chi connectivity index (χ0v) is 27.0. The second-order valence-electron chi connectivity index (χ2n) is 11.2. The summed E-state index contributed by atoms with van der Waals surface area (Å²) >= 11 is 0. The van der Waals surface area contributed by atoms with Gasteiger partial charge in [0, 0.05) is 12.2 Å². The Kier molecular flexibility index (Phi) is 15.2. The first-order chi connectivity index (χ1) is 21.7. The number of aryl methyl sites for hydroxylation is 3. The number of hydrogen-bond donors (Lipinski definition) is 2. The van der Waals surface area contributed by atoms with Crippen LogP contribution in [0.15, 0.2) is 96.1 Å². The Morgan fingerprint density at radius 3 is 1.87 bits per heavy atom. The molecule has 0 spiro atoms. The number of phenols is 1. The van der Waals surface area contributed by atoms with Gasteiger partial charge in [-0.05, 0) is 88.4 Å². The van der Waals surface area contributed by atoms with Gasteiger partial charge in [0.25, 0.3) is 0 Å². The average Bonchev–Trinajstić information content (AvgIpc) is 3.91. The van der Waals surface area contributed by atoms with Gasteiger partial charge in [0.1, 0.15) is 25.1 Å². The second-order valence-corrected chi connectivity index (χ2v) is 11.2. The van der Waals surface area contributed by atoms with Crippen LogP contribution in [0.25, 0.3) is 5.76 Å². The molecule has 0 aliphatic heterocycles. The number of rotatable bonds is 8. The van der Waals surface area contributed by atoms with Crippen LogP contribution < -0.4 is 4.90 Å². The van der Waals surface area contributed by atoms with Crippen LogP contribution in [0.5, 0.6) is 5.75 Å². The van der Waals surface area contributed by atoms with Crippen LogP contribution in [-0.4, -0.2) is 54.7 Å². The highest BCUT2D eigenvalue weighted by Gasteiger charge is 2.24. The lowest BCUT2D eigenvalue weighted by atomic mass is 10.1. The summed E-state index contributed by atoms with van der Waals surface area (Å²) in [5.41, 5.74) is 8.05. The van der Waals surface area contributed by atoms with Crippen molar-refractivity contribution in [1.82, 2.24) is 4.90 Å². The van der Waals surface area contributed by atoms with Crippen molar-refractivity contribution in [2.24, 2.45) is 0 Å². The maximum atomic E-state index is 13.5. The first-order valence-electron chi connectivity index (χ1n) is 14.9. The first kappa shape index (κ1) is 36.4. The van der Waals surface area contributed by atoms with E-state index in [-0.39, 0.29) is 24.0 Å². The third-order valence-corrected chi connectivity index (χ3v) is 7.29. The van der Waals surface area contributed by atoms with E-state index in [1.165, 1.54) is 16.7 Å². The van der Waals surface area contributed by atoms with Gasteiger partial charge in [-0.25, -0.2) is 0 Å². The van der Waals surface area contributed by atoms with Crippen LogP contribution in [0.1, 0.15) is 53.5 Å². The molecular weight excluding hydrogens is 564 g/mol. The molecule has 2 aliphatic carbocycles. The zero-order valence-electron chi connectivity index (χ0n) is 27.0. The van der Waals surface area contributed by atoms with Crippen LogP contribution in [0.3, 0.4) is 0 Å². The van der Waals surface area contributed by atoms with Crippen molar-refractivity contribution >= 4 is 30.9 Å². The molecule has 0 unspecified atom stereocenters. The van der Waals surface area contributed by atoms with E-state index in [1.54, 1.807) is 23.1 Å². The number of carbonyl (C=O) groups is 3. The third kappa shape index (κ3) is 12.0. The van der Waals surface area contributed by atoms with Gasteiger partial charge in [0.05, 0.1) is 18.7 Å². The molecule has 0 saturated heterocycles. The van der Waals surface area contributed by atoms with E-state index in [1.807, 2.05) is 56.7 Å². The van der Waals surface area contributed by atoms with Crippen molar-refractivity contribution in [3.63, 3.8) is 0 Å². The molecule has 1 amide bonds. The minimum atomic E-state index is -0.0336. The topological polar surface area (TPSA) is 98.2 Å². The first-order valence-corrected chi connectivity index (χ1v) is 14.9. The quantitative estimate of drug-likeness (QED) is 0.257. The van der Waals surface area contributed by atoms with E-state index >= 15 is 0 Å². The fourth-order valence-corrected chi connectivity index (χ4v) is 4.68. The van der Waals surface area contributed by atoms with Crippen molar-refractivity contribution in [3.8, 4) is 5.75 Å². The number of amides is 1. The summed E-state index contributed by atoms with van der Waals surface area (Å²) in [6, 6.07) is 21.6. The summed E-state index contributed by atoms with van der Waals surface area (Å²) in [4.78, 5) is 33.3. The molecule has 3 aromatic rings. The molecule has 7 heteroatoms. The molecule has 0 radical (unpaired) electrons. The van der Waals surface area contributed by atoms with Crippen molar-refractivity contribution in [1.29, 1.82) is 0 Å². The van der Waals surface area contributed by atoms with Crippen LogP contribution in [0, 0.1) is 20.8 Å². The predicted molar refractivity (Wildman–Crippen MR) is 183 cm³/mol.